The second kappa shape index (κ2) is 4.65. The number of nitrogens with one attached hydrogen (secondary N) is 1. The molecular weight excluding hydrogens is 224 g/mol. The summed E-state index contributed by atoms with van der Waals surface area (Å²) in [5.74, 6) is -0.105. The predicted octanol–water partition coefficient (Wildman–Crippen LogP) is 0.883. The molecule has 5 heteroatoms. The lowest BCUT2D eigenvalue weighted by Crippen LogP contribution is -2.49. The highest BCUT2D eigenvalue weighted by Crippen LogP contribution is 2.19. The average Bonchev–Trinajstić information content (AvgIpc) is 2.76. The molecule has 1 aromatic heterocycles. The Labute approximate surface area is 98.3 Å². The number of carbonyl (C=O) groups excluding carboxylic acids is 2. The Hall–Kier alpha value is -1.36. The summed E-state index contributed by atoms with van der Waals surface area (Å²) in [6.07, 6.45) is 0.943. The molecule has 1 aromatic rings. The Morgan fingerprint density at radius 2 is 2.38 bits per heavy atom. The van der Waals surface area contributed by atoms with E-state index >= 15 is 0 Å². The zero-order valence-electron chi connectivity index (χ0n) is 9.16. The zero-order chi connectivity index (χ0) is 11.5. The van der Waals surface area contributed by atoms with Crippen LogP contribution in [0.2, 0.25) is 0 Å². The van der Waals surface area contributed by atoms with Gasteiger partial charge in [-0.05, 0) is 18.6 Å². The lowest BCUT2D eigenvalue weighted by Gasteiger charge is -2.26. The highest BCUT2D eigenvalue weighted by atomic mass is 32.1. The molecule has 0 saturated carbocycles. The van der Waals surface area contributed by atoms with Crippen molar-refractivity contribution in [2.45, 2.75) is 13.3 Å². The first-order valence-electron chi connectivity index (χ1n) is 5.35. The maximum atomic E-state index is 12.0. The molecule has 1 aliphatic heterocycles. The van der Waals surface area contributed by atoms with Gasteiger partial charge in [0.05, 0.1) is 11.4 Å². The van der Waals surface area contributed by atoms with E-state index in [1.165, 1.54) is 16.2 Å². The Bertz CT molecular complexity index is 414. The molecule has 2 heterocycles. The second-order valence-corrected chi connectivity index (χ2v) is 4.86. The van der Waals surface area contributed by atoms with Crippen molar-refractivity contribution in [3.05, 3.63) is 21.9 Å². The molecule has 0 unspecified atom stereocenters. The minimum absolute atomic E-state index is 0.0282. The SMILES string of the molecule is CCc1ccc(C(=O)N2CCNC(=O)C2)s1. The van der Waals surface area contributed by atoms with Crippen molar-refractivity contribution >= 4 is 23.2 Å². The fraction of sp³-hybridized carbons (Fsp3) is 0.455. The first kappa shape index (κ1) is 11.1. The van der Waals surface area contributed by atoms with Crippen LogP contribution in [0.1, 0.15) is 21.5 Å². The molecule has 4 nitrogen and oxygen atoms in total. The lowest BCUT2D eigenvalue weighted by molar-refractivity contribution is -0.123. The van der Waals surface area contributed by atoms with Crippen LogP contribution in [0.4, 0.5) is 0 Å². The van der Waals surface area contributed by atoms with Crippen LogP contribution in [0, 0.1) is 0 Å². The molecule has 16 heavy (non-hydrogen) atoms. The first-order chi connectivity index (χ1) is 7.70. The van der Waals surface area contributed by atoms with Gasteiger partial charge in [-0.25, -0.2) is 0 Å². The standard InChI is InChI=1S/C11H14N2O2S/c1-2-8-3-4-9(16-8)11(15)13-6-5-12-10(14)7-13/h3-4H,2,5-7H2,1H3,(H,12,14). The third-order valence-corrected chi connectivity index (χ3v) is 3.76. The quantitative estimate of drug-likeness (QED) is 0.831. The molecule has 0 aliphatic carbocycles. The van der Waals surface area contributed by atoms with E-state index in [1.807, 2.05) is 12.1 Å². The summed E-state index contributed by atoms with van der Waals surface area (Å²) in [5, 5.41) is 2.71. The van der Waals surface area contributed by atoms with Gasteiger partial charge in [-0.2, -0.15) is 0 Å². The summed E-state index contributed by atoms with van der Waals surface area (Å²) >= 11 is 1.51. The molecule has 1 saturated heterocycles. The van der Waals surface area contributed by atoms with Crippen molar-refractivity contribution in [1.29, 1.82) is 0 Å². The molecule has 1 fully saturated rings. The number of amides is 2. The van der Waals surface area contributed by atoms with Crippen molar-refractivity contribution in [3.63, 3.8) is 0 Å². The first-order valence-corrected chi connectivity index (χ1v) is 6.17. The van der Waals surface area contributed by atoms with E-state index in [1.54, 1.807) is 4.90 Å². The van der Waals surface area contributed by atoms with Gasteiger partial charge in [-0.3, -0.25) is 9.59 Å². The Morgan fingerprint density at radius 1 is 1.56 bits per heavy atom. The van der Waals surface area contributed by atoms with Gasteiger partial charge in [-0.1, -0.05) is 6.92 Å². The third-order valence-electron chi connectivity index (χ3n) is 2.55. The summed E-state index contributed by atoms with van der Waals surface area (Å²) < 4.78 is 0. The molecule has 2 rings (SSSR count). The molecule has 86 valence electrons. The van der Waals surface area contributed by atoms with E-state index in [-0.39, 0.29) is 18.4 Å². The van der Waals surface area contributed by atoms with Gasteiger partial charge in [0.2, 0.25) is 5.91 Å². The minimum atomic E-state index is -0.0770. The molecule has 0 aromatic carbocycles. The number of hydrogen-bond donors (Lipinski definition) is 1. The molecule has 0 bridgehead atoms. The van der Waals surface area contributed by atoms with Crippen LogP contribution in [0.15, 0.2) is 12.1 Å². The number of carbonyl (C=O) groups is 2. The normalized spacial score (nSPS) is 16.1. The van der Waals surface area contributed by atoms with Crippen molar-refractivity contribution < 1.29 is 9.59 Å². The van der Waals surface area contributed by atoms with Gasteiger partial charge in [0, 0.05) is 18.0 Å². The summed E-state index contributed by atoms with van der Waals surface area (Å²) in [4.78, 5) is 26.7. The van der Waals surface area contributed by atoms with Crippen molar-refractivity contribution in [3.8, 4) is 0 Å². The van der Waals surface area contributed by atoms with E-state index < -0.39 is 0 Å². The van der Waals surface area contributed by atoms with Gasteiger partial charge in [0.1, 0.15) is 0 Å². The zero-order valence-corrected chi connectivity index (χ0v) is 9.97. The predicted molar refractivity (Wildman–Crippen MR) is 62.6 cm³/mol. The fourth-order valence-electron chi connectivity index (χ4n) is 1.65. The number of piperazine rings is 1. The minimum Gasteiger partial charge on any atom is -0.353 e. The summed E-state index contributed by atoms with van der Waals surface area (Å²) in [5.41, 5.74) is 0. The van der Waals surface area contributed by atoms with Crippen molar-refractivity contribution in [2.24, 2.45) is 0 Å². The van der Waals surface area contributed by atoms with Crippen LogP contribution in [-0.4, -0.2) is 36.3 Å². The molecule has 2 amide bonds. The molecule has 0 spiro atoms. The summed E-state index contributed by atoms with van der Waals surface area (Å²) in [7, 11) is 0. The van der Waals surface area contributed by atoms with E-state index in [2.05, 4.69) is 12.2 Å². The fourth-order valence-corrected chi connectivity index (χ4v) is 2.57. The van der Waals surface area contributed by atoms with Gasteiger partial charge >= 0.3 is 0 Å². The van der Waals surface area contributed by atoms with E-state index in [4.69, 9.17) is 0 Å². The number of nitrogens with zero attached hydrogens (tertiary/aromatic N) is 1. The lowest BCUT2D eigenvalue weighted by atomic mass is 10.3. The van der Waals surface area contributed by atoms with Crippen LogP contribution in [0.3, 0.4) is 0 Å². The molecule has 1 N–H and O–H groups in total. The molecule has 0 atom stereocenters. The van der Waals surface area contributed by atoms with Gasteiger partial charge < -0.3 is 10.2 Å². The van der Waals surface area contributed by atoms with Crippen LogP contribution in [-0.2, 0) is 11.2 Å². The number of thiophene rings is 1. The maximum absolute atomic E-state index is 12.0. The highest BCUT2D eigenvalue weighted by Gasteiger charge is 2.23. The second-order valence-electron chi connectivity index (χ2n) is 3.70. The molecular formula is C11H14N2O2S. The Kier molecular flexibility index (Phi) is 3.24. The highest BCUT2D eigenvalue weighted by molar-refractivity contribution is 7.14. The van der Waals surface area contributed by atoms with Crippen LogP contribution >= 0.6 is 11.3 Å². The monoisotopic (exact) mass is 238 g/mol. The van der Waals surface area contributed by atoms with Crippen molar-refractivity contribution in [2.75, 3.05) is 19.6 Å². The topological polar surface area (TPSA) is 49.4 Å². The van der Waals surface area contributed by atoms with E-state index in [0.29, 0.717) is 13.1 Å². The van der Waals surface area contributed by atoms with E-state index in [0.717, 1.165) is 11.3 Å². The Balaban J connectivity index is 2.09. The van der Waals surface area contributed by atoms with E-state index in [9.17, 15) is 9.59 Å². The van der Waals surface area contributed by atoms with Crippen LogP contribution in [0.25, 0.3) is 0 Å². The van der Waals surface area contributed by atoms with Crippen LogP contribution in [0.5, 0.6) is 0 Å². The largest absolute Gasteiger partial charge is 0.353 e. The Morgan fingerprint density at radius 3 is 3.00 bits per heavy atom. The van der Waals surface area contributed by atoms with Crippen LogP contribution < -0.4 is 5.32 Å². The summed E-state index contributed by atoms with van der Waals surface area (Å²) in [6, 6.07) is 3.82. The van der Waals surface area contributed by atoms with Gasteiger partial charge in [0.15, 0.2) is 0 Å². The molecule has 1 aliphatic rings. The number of aryl methyl sites for hydroxylation is 1. The number of rotatable bonds is 2. The third kappa shape index (κ3) is 2.24. The average molecular weight is 238 g/mol. The molecule has 0 radical (unpaired) electrons. The number of hydrogen-bond acceptors (Lipinski definition) is 3. The smallest absolute Gasteiger partial charge is 0.264 e. The van der Waals surface area contributed by atoms with Gasteiger partial charge in [0.25, 0.3) is 5.91 Å². The summed E-state index contributed by atoms with van der Waals surface area (Å²) in [6.45, 7) is 3.40. The van der Waals surface area contributed by atoms with Crippen molar-refractivity contribution in [1.82, 2.24) is 10.2 Å². The maximum Gasteiger partial charge on any atom is 0.264 e. The van der Waals surface area contributed by atoms with Gasteiger partial charge in [-0.15, -0.1) is 11.3 Å².